The van der Waals surface area contributed by atoms with Gasteiger partial charge in [-0.1, -0.05) is 12.5 Å². The Balaban J connectivity index is 2.10. The molecule has 194 valence electrons. The average Bonchev–Trinajstić information content (AvgIpc) is 3.20. The molecule has 0 fully saturated rings. The van der Waals surface area contributed by atoms with Gasteiger partial charge in [0.25, 0.3) is 0 Å². The van der Waals surface area contributed by atoms with Crippen LogP contribution in [0.2, 0.25) is 0 Å². The molecule has 0 spiro atoms. The van der Waals surface area contributed by atoms with Gasteiger partial charge in [-0.2, -0.15) is 18.3 Å². The zero-order valence-electron chi connectivity index (χ0n) is 20.1. The molecular weight excluding hydrogens is 506 g/mol. The van der Waals surface area contributed by atoms with Gasteiger partial charge in [-0.05, 0) is 58.0 Å². The molecule has 0 aliphatic heterocycles. The topological polar surface area (TPSA) is 52.0 Å². The molecule has 0 bridgehead atoms. The zero-order valence-corrected chi connectivity index (χ0v) is 20.9. The van der Waals surface area contributed by atoms with Crippen molar-refractivity contribution in [3.05, 3.63) is 82.2 Å². The van der Waals surface area contributed by atoms with E-state index in [1.807, 2.05) is 0 Å². The Morgan fingerprint density at radius 2 is 1.53 bits per heavy atom. The Hall–Kier alpha value is -3.08. The predicted molar refractivity (Wildman–Crippen MR) is 123 cm³/mol. The first-order valence-electron chi connectivity index (χ1n) is 10.8. The summed E-state index contributed by atoms with van der Waals surface area (Å²) in [5.74, 6) is -4.32. The van der Waals surface area contributed by atoms with Crippen LogP contribution in [-0.4, -0.2) is 18.2 Å². The largest absolute Gasteiger partial charge is 0.416 e. The fourth-order valence-corrected chi connectivity index (χ4v) is 5.00. The molecule has 1 heterocycles. The highest BCUT2D eigenvalue weighted by atomic mass is 32.2. The summed E-state index contributed by atoms with van der Waals surface area (Å²) in [6, 6.07) is 4.24. The van der Waals surface area contributed by atoms with E-state index in [1.165, 1.54) is 17.8 Å². The molecule has 3 aromatic rings. The van der Waals surface area contributed by atoms with Crippen LogP contribution in [0.3, 0.4) is 0 Å². The summed E-state index contributed by atoms with van der Waals surface area (Å²) < 4.78 is 108. The van der Waals surface area contributed by atoms with Gasteiger partial charge >= 0.3 is 6.18 Å². The van der Waals surface area contributed by atoms with Crippen LogP contribution in [0.15, 0.2) is 58.5 Å². The lowest BCUT2D eigenvalue weighted by Crippen LogP contribution is -2.24. The molecule has 0 aliphatic carbocycles. The summed E-state index contributed by atoms with van der Waals surface area (Å²) in [7, 11) is -4.13. The molecule has 11 heteroatoms. The minimum absolute atomic E-state index is 0.145. The lowest BCUT2D eigenvalue weighted by Gasteiger charge is -2.24. The highest BCUT2D eigenvalue weighted by Gasteiger charge is 2.31. The van der Waals surface area contributed by atoms with Gasteiger partial charge in [-0.15, -0.1) is 0 Å². The number of halogens is 6. The van der Waals surface area contributed by atoms with Crippen molar-refractivity contribution in [2.24, 2.45) is 0 Å². The summed E-state index contributed by atoms with van der Waals surface area (Å²) in [4.78, 5) is -0.334. The highest BCUT2D eigenvalue weighted by Crippen LogP contribution is 2.38. The van der Waals surface area contributed by atoms with E-state index < -0.39 is 50.5 Å². The molecule has 0 radical (unpaired) electrons. The fourth-order valence-electron chi connectivity index (χ4n) is 3.65. The second-order valence-corrected chi connectivity index (χ2v) is 11.2. The summed E-state index contributed by atoms with van der Waals surface area (Å²) >= 11 is 0. The van der Waals surface area contributed by atoms with Crippen molar-refractivity contribution in [1.82, 2.24) is 9.78 Å². The molecular formula is C25H24F6N2O2S. The van der Waals surface area contributed by atoms with Gasteiger partial charge in [-0.3, -0.25) is 4.68 Å². The number of allylic oxidation sites excluding steroid dienone is 1. The Bertz CT molecular complexity index is 1420. The molecule has 1 aromatic heterocycles. The summed E-state index contributed by atoms with van der Waals surface area (Å²) in [6.07, 6.45) is -3.21. The number of sulfone groups is 1. The fraction of sp³-hybridized carbons (Fsp3) is 0.320. The number of benzene rings is 2. The van der Waals surface area contributed by atoms with Crippen LogP contribution in [0, 0.1) is 17.5 Å². The molecule has 4 nitrogen and oxygen atoms in total. The zero-order chi connectivity index (χ0) is 27.2. The molecule has 0 saturated carbocycles. The molecule has 0 unspecified atom stereocenters. The van der Waals surface area contributed by atoms with E-state index in [-0.39, 0.29) is 21.7 Å². The molecule has 0 N–H and O–H groups in total. The van der Waals surface area contributed by atoms with Gasteiger partial charge < -0.3 is 0 Å². The number of aromatic nitrogens is 2. The van der Waals surface area contributed by atoms with Gasteiger partial charge in [0.2, 0.25) is 0 Å². The van der Waals surface area contributed by atoms with E-state index >= 15 is 0 Å². The molecule has 1 atom stereocenters. The minimum Gasteiger partial charge on any atom is -0.259 e. The lowest BCUT2D eigenvalue weighted by molar-refractivity contribution is -0.137. The SMILES string of the molecule is C/C(=C/S(=O)(=O)c1ccc(C(F)(F)F)cc1)[C@H](C)c1cnn(C(C)(C)C)c1-c1cc(F)c(F)cc1F. The predicted octanol–water partition coefficient (Wildman–Crippen LogP) is 7.22. The van der Waals surface area contributed by atoms with E-state index in [0.29, 0.717) is 23.8 Å². The Morgan fingerprint density at radius 3 is 2.06 bits per heavy atom. The van der Waals surface area contributed by atoms with Crippen LogP contribution in [0.25, 0.3) is 11.3 Å². The number of rotatable bonds is 5. The standard InChI is InChI=1S/C25H24F6N2O2S/c1-14(13-36(34,35)17-8-6-16(7-9-17)25(29,30)31)15(2)19-12-32-33(24(3,4)5)23(19)18-10-21(27)22(28)11-20(18)26/h6-13,15H,1-5H3/b14-13-/t15-/m0/s1. The highest BCUT2D eigenvalue weighted by molar-refractivity contribution is 7.94. The van der Waals surface area contributed by atoms with E-state index in [4.69, 9.17) is 0 Å². The van der Waals surface area contributed by atoms with Gasteiger partial charge in [0.05, 0.1) is 27.9 Å². The maximum atomic E-state index is 14.8. The van der Waals surface area contributed by atoms with Crippen LogP contribution < -0.4 is 0 Å². The second kappa shape index (κ2) is 9.42. The number of alkyl halides is 3. The molecule has 36 heavy (non-hydrogen) atoms. The van der Waals surface area contributed by atoms with Crippen LogP contribution in [0.5, 0.6) is 0 Å². The number of hydrogen-bond donors (Lipinski definition) is 0. The monoisotopic (exact) mass is 530 g/mol. The lowest BCUT2D eigenvalue weighted by atomic mass is 9.92. The van der Waals surface area contributed by atoms with Crippen molar-refractivity contribution in [2.45, 2.75) is 57.1 Å². The Labute approximate surface area is 205 Å². The third-order valence-electron chi connectivity index (χ3n) is 5.70. The molecule has 2 aromatic carbocycles. The first-order valence-corrected chi connectivity index (χ1v) is 12.3. The first kappa shape index (κ1) is 27.5. The Kier molecular flexibility index (Phi) is 7.20. The number of hydrogen-bond acceptors (Lipinski definition) is 3. The quantitative estimate of drug-likeness (QED) is 0.259. The molecule has 0 saturated heterocycles. The van der Waals surface area contributed by atoms with E-state index in [2.05, 4.69) is 5.10 Å². The normalized spacial score (nSPS) is 14.2. The maximum Gasteiger partial charge on any atom is 0.416 e. The third-order valence-corrected chi connectivity index (χ3v) is 7.31. The molecule has 0 amide bonds. The van der Waals surface area contributed by atoms with Gasteiger partial charge in [0.15, 0.2) is 21.5 Å². The van der Waals surface area contributed by atoms with Gasteiger partial charge in [0.1, 0.15) is 5.82 Å². The van der Waals surface area contributed by atoms with E-state index in [1.54, 1.807) is 27.7 Å². The van der Waals surface area contributed by atoms with Crippen molar-refractivity contribution >= 4 is 9.84 Å². The third kappa shape index (κ3) is 5.50. The number of nitrogens with zero attached hydrogens (tertiary/aromatic N) is 2. The van der Waals surface area contributed by atoms with Crippen molar-refractivity contribution in [1.29, 1.82) is 0 Å². The minimum atomic E-state index is -4.61. The Morgan fingerprint density at radius 1 is 0.972 bits per heavy atom. The van der Waals surface area contributed by atoms with Crippen molar-refractivity contribution in [3.8, 4) is 11.3 Å². The molecule has 3 rings (SSSR count). The summed E-state index contributed by atoms with van der Waals surface area (Å²) in [5.41, 5.74) is -1.16. The van der Waals surface area contributed by atoms with Crippen LogP contribution in [0.4, 0.5) is 26.3 Å². The first-order chi connectivity index (χ1) is 16.4. The second-order valence-electron chi connectivity index (χ2n) is 9.43. The van der Waals surface area contributed by atoms with Gasteiger partial charge in [-0.25, -0.2) is 21.6 Å². The smallest absolute Gasteiger partial charge is 0.259 e. The van der Waals surface area contributed by atoms with Crippen molar-refractivity contribution < 1.29 is 34.8 Å². The van der Waals surface area contributed by atoms with E-state index in [9.17, 15) is 34.8 Å². The van der Waals surface area contributed by atoms with Crippen LogP contribution in [-0.2, 0) is 21.6 Å². The van der Waals surface area contributed by atoms with E-state index in [0.717, 1.165) is 23.6 Å². The summed E-state index contributed by atoms with van der Waals surface area (Å²) in [6.45, 7) is 8.43. The van der Waals surface area contributed by atoms with Crippen molar-refractivity contribution in [2.75, 3.05) is 0 Å². The van der Waals surface area contributed by atoms with Crippen LogP contribution in [0.1, 0.15) is 51.7 Å². The average molecular weight is 531 g/mol. The van der Waals surface area contributed by atoms with Crippen LogP contribution >= 0.6 is 0 Å². The van der Waals surface area contributed by atoms with Crippen molar-refractivity contribution in [3.63, 3.8) is 0 Å². The van der Waals surface area contributed by atoms with Gasteiger partial charge in [0, 0.05) is 28.5 Å². The summed E-state index contributed by atoms with van der Waals surface area (Å²) in [5, 5.41) is 5.22. The molecule has 0 aliphatic rings. The maximum absolute atomic E-state index is 14.8.